The smallest absolute Gasteiger partial charge is 1.00 e. The minimum atomic E-state index is 0. The summed E-state index contributed by atoms with van der Waals surface area (Å²) in [6, 6.07) is 22.2. The van der Waals surface area contributed by atoms with Gasteiger partial charge >= 0.3 is 26.2 Å². The number of halogens is 2. The van der Waals surface area contributed by atoms with Crippen LogP contribution in [-0.4, -0.2) is 0 Å². The van der Waals surface area contributed by atoms with Gasteiger partial charge in [-0.15, -0.1) is 33.4 Å². The van der Waals surface area contributed by atoms with Crippen molar-refractivity contribution >= 4 is 17.2 Å². The van der Waals surface area contributed by atoms with Crippen molar-refractivity contribution in [3.8, 4) is 0 Å². The van der Waals surface area contributed by atoms with E-state index in [2.05, 4.69) is 107 Å². The van der Waals surface area contributed by atoms with E-state index in [0.29, 0.717) is 0 Å². The third kappa shape index (κ3) is 4.25. The van der Waals surface area contributed by atoms with E-state index in [1.807, 2.05) is 0 Å². The van der Waals surface area contributed by atoms with Crippen molar-refractivity contribution in [2.75, 3.05) is 0 Å². The Balaban J connectivity index is 0.00000121. The SMILES string of the molecule is CC(C)=c1ccc2c(c1C1C=C(C(C)(C)C)c3ccccc31)[C-]=c1ccccc1=2.[Cl-].[Cl-].[Zr+3]. The molecule has 32 heavy (non-hydrogen) atoms. The molecule has 2 aliphatic rings. The molecular formula is C29H27Cl2Zr. The zero-order valence-corrected chi connectivity index (χ0v) is 23.2. The van der Waals surface area contributed by atoms with Crippen LogP contribution in [0.25, 0.3) is 17.2 Å². The fourth-order valence-corrected chi connectivity index (χ4v) is 4.95. The van der Waals surface area contributed by atoms with E-state index in [9.17, 15) is 0 Å². The van der Waals surface area contributed by atoms with E-state index in [0.717, 1.165) is 0 Å². The molecule has 5 rings (SSSR count). The van der Waals surface area contributed by atoms with Crippen LogP contribution in [-0.2, 0) is 26.2 Å². The van der Waals surface area contributed by atoms with Gasteiger partial charge in [-0.05, 0) is 36.0 Å². The van der Waals surface area contributed by atoms with Crippen LogP contribution < -0.4 is 35.3 Å². The van der Waals surface area contributed by atoms with Crippen LogP contribution >= 0.6 is 0 Å². The molecule has 3 aromatic rings. The summed E-state index contributed by atoms with van der Waals surface area (Å²) < 4.78 is 0. The van der Waals surface area contributed by atoms with Gasteiger partial charge in [0, 0.05) is 5.92 Å². The topological polar surface area (TPSA) is 0 Å². The molecule has 1 atom stereocenters. The molecule has 0 saturated heterocycles. The summed E-state index contributed by atoms with van der Waals surface area (Å²) in [4.78, 5) is 0. The molecule has 2 aliphatic carbocycles. The predicted molar refractivity (Wildman–Crippen MR) is 123 cm³/mol. The maximum Gasteiger partial charge on any atom is 3.00 e. The Bertz CT molecular complexity index is 1400. The summed E-state index contributed by atoms with van der Waals surface area (Å²) in [5, 5.41) is 5.18. The molecule has 0 heterocycles. The quantitative estimate of drug-likeness (QED) is 0.295. The monoisotopic (exact) mass is 535 g/mol. The Morgan fingerprint density at radius 1 is 0.812 bits per heavy atom. The maximum atomic E-state index is 3.76. The second kappa shape index (κ2) is 9.84. The first-order valence-corrected chi connectivity index (χ1v) is 10.5. The van der Waals surface area contributed by atoms with Gasteiger partial charge < -0.3 is 24.8 Å². The van der Waals surface area contributed by atoms with Gasteiger partial charge in [-0.2, -0.15) is 0 Å². The van der Waals surface area contributed by atoms with Crippen molar-refractivity contribution in [1.29, 1.82) is 0 Å². The zero-order valence-electron chi connectivity index (χ0n) is 19.2. The van der Waals surface area contributed by atoms with Gasteiger partial charge in [-0.25, -0.2) is 0 Å². The number of rotatable bonds is 1. The van der Waals surface area contributed by atoms with Gasteiger partial charge in [0.05, 0.1) is 0 Å². The maximum absolute atomic E-state index is 3.76. The molecule has 3 aromatic carbocycles. The van der Waals surface area contributed by atoms with Gasteiger partial charge in [0.25, 0.3) is 0 Å². The van der Waals surface area contributed by atoms with E-state index >= 15 is 0 Å². The van der Waals surface area contributed by atoms with Gasteiger partial charge in [0.2, 0.25) is 0 Å². The number of allylic oxidation sites excluding steroid dienone is 2. The Morgan fingerprint density at radius 2 is 1.47 bits per heavy atom. The van der Waals surface area contributed by atoms with E-state index in [1.54, 1.807) is 0 Å². The molecule has 0 aliphatic heterocycles. The molecular weight excluding hydrogens is 510 g/mol. The van der Waals surface area contributed by atoms with Crippen LogP contribution in [0.1, 0.15) is 62.8 Å². The molecule has 0 nitrogen and oxygen atoms in total. The van der Waals surface area contributed by atoms with Crippen LogP contribution in [0, 0.1) is 15.9 Å². The summed E-state index contributed by atoms with van der Waals surface area (Å²) in [6.07, 6.45) is 6.27. The Hall–Kier alpha value is -1.40. The molecule has 0 spiro atoms. The molecule has 0 N–H and O–H groups in total. The molecule has 3 heteroatoms. The zero-order chi connectivity index (χ0) is 20.3. The minimum absolute atomic E-state index is 0. The van der Waals surface area contributed by atoms with E-state index in [4.69, 9.17) is 0 Å². The normalized spacial score (nSPS) is 15.0. The summed E-state index contributed by atoms with van der Waals surface area (Å²) in [5.41, 5.74) is 8.43. The van der Waals surface area contributed by atoms with Gasteiger partial charge in [-0.1, -0.05) is 97.8 Å². The third-order valence-corrected chi connectivity index (χ3v) is 6.30. The van der Waals surface area contributed by atoms with Crippen molar-refractivity contribution in [2.45, 2.75) is 40.5 Å². The number of hydrogen-bond donors (Lipinski definition) is 0. The van der Waals surface area contributed by atoms with E-state index < -0.39 is 0 Å². The summed E-state index contributed by atoms with van der Waals surface area (Å²) in [7, 11) is 0. The van der Waals surface area contributed by atoms with Crippen molar-refractivity contribution in [1.82, 2.24) is 0 Å². The Kier molecular flexibility index (Phi) is 8.26. The number of benzene rings is 3. The van der Waals surface area contributed by atoms with Crippen LogP contribution in [0.3, 0.4) is 0 Å². The first kappa shape index (κ1) is 26.9. The fraction of sp³-hybridized carbons (Fsp3) is 0.241. The summed E-state index contributed by atoms with van der Waals surface area (Å²) >= 11 is 0. The first-order chi connectivity index (χ1) is 13.9. The number of fused-ring (bicyclic) bond motifs is 3. The number of hydrogen-bond acceptors (Lipinski definition) is 0. The molecule has 1 radical (unpaired) electrons. The summed E-state index contributed by atoms with van der Waals surface area (Å²) in [5.74, 6) is 0.266. The van der Waals surface area contributed by atoms with Crippen molar-refractivity contribution in [3.63, 3.8) is 0 Å². The molecule has 0 aromatic heterocycles. The van der Waals surface area contributed by atoms with Gasteiger partial charge in [0.15, 0.2) is 0 Å². The second-order valence-electron chi connectivity index (χ2n) is 9.52. The van der Waals surface area contributed by atoms with E-state index in [-0.39, 0.29) is 62.4 Å². The molecule has 0 amide bonds. The van der Waals surface area contributed by atoms with Crippen LogP contribution in [0.2, 0.25) is 0 Å². The third-order valence-electron chi connectivity index (χ3n) is 6.30. The fourth-order valence-electron chi connectivity index (χ4n) is 4.95. The van der Waals surface area contributed by atoms with Crippen LogP contribution in [0.5, 0.6) is 0 Å². The van der Waals surface area contributed by atoms with Crippen molar-refractivity contribution in [3.05, 3.63) is 110 Å². The predicted octanol–water partition coefficient (Wildman–Crippen LogP) is -0.236. The summed E-state index contributed by atoms with van der Waals surface area (Å²) in [6.45, 7) is 11.4. The van der Waals surface area contributed by atoms with Crippen LogP contribution in [0.15, 0.2) is 66.7 Å². The second-order valence-corrected chi connectivity index (χ2v) is 9.52. The average molecular weight is 538 g/mol. The Morgan fingerprint density at radius 3 is 2.16 bits per heavy atom. The molecule has 0 fully saturated rings. The van der Waals surface area contributed by atoms with E-state index in [1.165, 1.54) is 54.3 Å². The molecule has 0 bridgehead atoms. The Labute approximate surface area is 222 Å². The average Bonchev–Trinajstić information content (AvgIpc) is 3.25. The van der Waals surface area contributed by atoms with Gasteiger partial charge in [0.1, 0.15) is 0 Å². The molecule has 161 valence electrons. The van der Waals surface area contributed by atoms with Gasteiger partial charge in [-0.3, -0.25) is 0 Å². The standard InChI is InChI=1S/C29H27.2ClH.Zr/c1-18(2)20-14-15-23-21-11-7-6-10-19(21)16-25(23)28(20)26-17-27(29(3,4)5)24-13-9-8-12-22(24)26;;;/h6-15,17,26H,1-5H3;2*1H;/q-1;;;+3/p-2. The van der Waals surface area contributed by atoms with Crippen molar-refractivity contribution < 1.29 is 51.0 Å². The largest absolute Gasteiger partial charge is 3.00 e. The molecule has 0 saturated carbocycles. The van der Waals surface area contributed by atoms with Crippen LogP contribution in [0.4, 0.5) is 0 Å². The minimum Gasteiger partial charge on any atom is -1.00 e. The van der Waals surface area contributed by atoms with Crippen molar-refractivity contribution in [2.24, 2.45) is 5.41 Å². The first-order valence-electron chi connectivity index (χ1n) is 10.5. The molecule has 1 unspecified atom stereocenters.